The molecule has 0 fully saturated rings. The van der Waals surface area contributed by atoms with Gasteiger partial charge >= 0.3 is 11.9 Å². The summed E-state index contributed by atoms with van der Waals surface area (Å²) in [5.74, 6) is -1.54. The van der Waals surface area contributed by atoms with Gasteiger partial charge in [0.2, 0.25) is 0 Å². The Morgan fingerprint density at radius 2 is 1.81 bits per heavy atom. The monoisotopic (exact) mass is 475 g/mol. The number of benzene rings is 1. The summed E-state index contributed by atoms with van der Waals surface area (Å²) in [7, 11) is -3.86. The van der Waals surface area contributed by atoms with Crippen molar-refractivity contribution in [2.24, 2.45) is 0 Å². The molecule has 1 aromatic heterocycles. The molecular formula is C17H18BrNO6S2. The van der Waals surface area contributed by atoms with Crippen LogP contribution in [0.25, 0.3) is 0 Å². The van der Waals surface area contributed by atoms with Crippen LogP contribution < -0.4 is 4.72 Å². The van der Waals surface area contributed by atoms with E-state index >= 15 is 0 Å². The van der Waals surface area contributed by atoms with E-state index in [1.165, 1.54) is 18.2 Å². The van der Waals surface area contributed by atoms with Gasteiger partial charge in [-0.1, -0.05) is 12.1 Å². The van der Waals surface area contributed by atoms with Crippen molar-refractivity contribution in [3.05, 3.63) is 45.7 Å². The smallest absolute Gasteiger partial charge is 0.344 e. The Bertz CT molecular complexity index is 946. The molecule has 0 aliphatic heterocycles. The zero-order chi connectivity index (χ0) is 20.2. The molecule has 2 rings (SSSR count). The number of hydrogen-bond acceptors (Lipinski definition) is 7. The van der Waals surface area contributed by atoms with Gasteiger partial charge in [-0.15, -0.1) is 11.3 Å². The topological polar surface area (TPSA) is 98.8 Å². The molecule has 0 saturated carbocycles. The van der Waals surface area contributed by atoms with Gasteiger partial charge in [0.05, 0.1) is 15.0 Å². The second-order valence-corrected chi connectivity index (χ2v) is 10.7. The SMILES string of the molecule is CC(C)(C)OC(=O)COC(=O)c1ccccc1NS(=O)(=O)c1ccc(Br)s1. The maximum atomic E-state index is 12.5. The number of sulfonamides is 1. The van der Waals surface area contributed by atoms with Crippen molar-refractivity contribution in [1.82, 2.24) is 0 Å². The first-order valence-electron chi connectivity index (χ1n) is 7.74. The van der Waals surface area contributed by atoms with Crippen molar-refractivity contribution in [2.75, 3.05) is 11.3 Å². The first-order chi connectivity index (χ1) is 12.5. The third-order valence-electron chi connectivity index (χ3n) is 2.95. The highest BCUT2D eigenvalue weighted by molar-refractivity contribution is 9.11. The Kier molecular flexibility index (Phi) is 6.66. The highest BCUT2D eigenvalue weighted by atomic mass is 79.9. The molecular weight excluding hydrogens is 458 g/mol. The second kappa shape index (κ2) is 8.41. The zero-order valence-electron chi connectivity index (χ0n) is 14.8. The lowest BCUT2D eigenvalue weighted by atomic mass is 10.2. The molecule has 0 aliphatic carbocycles. The van der Waals surface area contributed by atoms with Gasteiger partial charge in [0.15, 0.2) is 6.61 Å². The normalized spacial score (nSPS) is 11.7. The fraction of sp³-hybridized carbons (Fsp3) is 0.294. The summed E-state index contributed by atoms with van der Waals surface area (Å²) in [6.45, 7) is 4.51. The van der Waals surface area contributed by atoms with Crippen molar-refractivity contribution in [2.45, 2.75) is 30.6 Å². The molecule has 1 heterocycles. The predicted molar refractivity (Wildman–Crippen MR) is 105 cm³/mol. The van der Waals surface area contributed by atoms with Crippen LogP contribution in [0.2, 0.25) is 0 Å². The van der Waals surface area contributed by atoms with E-state index in [1.807, 2.05) is 0 Å². The van der Waals surface area contributed by atoms with Crippen LogP contribution in [-0.4, -0.2) is 32.6 Å². The van der Waals surface area contributed by atoms with Gasteiger partial charge in [-0.25, -0.2) is 18.0 Å². The lowest BCUT2D eigenvalue weighted by Crippen LogP contribution is -2.27. The van der Waals surface area contributed by atoms with E-state index in [-0.39, 0.29) is 15.5 Å². The Morgan fingerprint density at radius 1 is 1.15 bits per heavy atom. The van der Waals surface area contributed by atoms with E-state index in [9.17, 15) is 18.0 Å². The number of nitrogens with one attached hydrogen (secondary N) is 1. The summed E-state index contributed by atoms with van der Waals surface area (Å²) < 4.78 is 38.1. The van der Waals surface area contributed by atoms with Crippen LogP contribution in [0.15, 0.2) is 44.4 Å². The second-order valence-electron chi connectivity index (χ2n) is 6.37. The molecule has 1 N–H and O–H groups in total. The number of carbonyl (C=O) groups excluding carboxylic acids is 2. The standard InChI is InChI=1S/C17H18BrNO6S2/c1-17(2,3)25-14(20)10-24-16(21)11-6-4-5-7-12(11)19-27(22,23)15-9-8-13(18)26-15/h4-9,19H,10H2,1-3H3. The summed E-state index contributed by atoms with van der Waals surface area (Å²) >= 11 is 4.25. The van der Waals surface area contributed by atoms with E-state index in [2.05, 4.69) is 20.7 Å². The van der Waals surface area contributed by atoms with Crippen LogP contribution in [0.1, 0.15) is 31.1 Å². The number of hydrogen-bond donors (Lipinski definition) is 1. The van der Waals surface area contributed by atoms with Crippen molar-refractivity contribution in [3.8, 4) is 0 Å². The molecule has 0 radical (unpaired) electrons. The first kappa shape index (κ1) is 21.4. The Hall–Kier alpha value is -1.91. The van der Waals surface area contributed by atoms with Gasteiger partial charge in [0, 0.05) is 0 Å². The van der Waals surface area contributed by atoms with Crippen LogP contribution >= 0.6 is 27.3 Å². The lowest BCUT2D eigenvalue weighted by Gasteiger charge is -2.19. The summed E-state index contributed by atoms with van der Waals surface area (Å²) in [6, 6.07) is 9.03. The van der Waals surface area contributed by atoms with Crippen molar-refractivity contribution < 1.29 is 27.5 Å². The van der Waals surface area contributed by atoms with Crippen LogP contribution in [0, 0.1) is 0 Å². The summed E-state index contributed by atoms with van der Waals surface area (Å²) in [5.41, 5.74) is -0.664. The van der Waals surface area contributed by atoms with Crippen LogP contribution in [0.3, 0.4) is 0 Å². The summed E-state index contributed by atoms with van der Waals surface area (Å²) in [4.78, 5) is 24.0. The number of esters is 2. The Balaban J connectivity index is 2.13. The molecule has 7 nitrogen and oxygen atoms in total. The van der Waals surface area contributed by atoms with Gasteiger partial charge in [-0.05, 0) is 61.0 Å². The molecule has 10 heteroatoms. The largest absolute Gasteiger partial charge is 0.457 e. The molecule has 0 saturated heterocycles. The number of para-hydroxylation sites is 1. The number of rotatable bonds is 6. The third-order valence-corrected chi connectivity index (χ3v) is 6.43. The van der Waals surface area contributed by atoms with Crippen molar-refractivity contribution >= 4 is 54.9 Å². The molecule has 0 spiro atoms. The minimum absolute atomic E-state index is 0.0137. The van der Waals surface area contributed by atoms with Crippen LogP contribution in [0.5, 0.6) is 0 Å². The van der Waals surface area contributed by atoms with Gasteiger partial charge in [0.1, 0.15) is 9.81 Å². The highest BCUT2D eigenvalue weighted by Crippen LogP contribution is 2.28. The van der Waals surface area contributed by atoms with E-state index < -0.39 is 34.2 Å². The van der Waals surface area contributed by atoms with Crippen LogP contribution in [-0.2, 0) is 24.3 Å². The van der Waals surface area contributed by atoms with E-state index in [0.29, 0.717) is 3.79 Å². The van der Waals surface area contributed by atoms with Gasteiger partial charge < -0.3 is 9.47 Å². The van der Waals surface area contributed by atoms with E-state index in [1.54, 1.807) is 39.0 Å². The van der Waals surface area contributed by atoms with Gasteiger partial charge in [0.25, 0.3) is 10.0 Å². The zero-order valence-corrected chi connectivity index (χ0v) is 18.0. The molecule has 146 valence electrons. The fourth-order valence-electron chi connectivity index (χ4n) is 1.96. The average Bonchev–Trinajstić information content (AvgIpc) is 2.99. The molecule has 0 aliphatic rings. The molecule has 1 aromatic carbocycles. The highest BCUT2D eigenvalue weighted by Gasteiger charge is 2.22. The lowest BCUT2D eigenvalue weighted by molar-refractivity contribution is -0.158. The number of halogens is 1. The maximum absolute atomic E-state index is 12.5. The fourth-order valence-corrected chi connectivity index (χ4v) is 5.05. The first-order valence-corrected chi connectivity index (χ1v) is 10.8. The quantitative estimate of drug-likeness (QED) is 0.637. The molecule has 27 heavy (non-hydrogen) atoms. The third kappa shape index (κ3) is 6.33. The minimum atomic E-state index is -3.86. The molecule has 2 aromatic rings. The molecule has 0 amide bonds. The molecule has 0 bridgehead atoms. The average molecular weight is 476 g/mol. The van der Waals surface area contributed by atoms with E-state index in [4.69, 9.17) is 9.47 Å². The summed E-state index contributed by atoms with van der Waals surface area (Å²) in [6.07, 6.45) is 0. The molecule has 0 atom stereocenters. The number of ether oxygens (including phenoxy) is 2. The maximum Gasteiger partial charge on any atom is 0.344 e. The Morgan fingerprint density at radius 3 is 2.41 bits per heavy atom. The van der Waals surface area contributed by atoms with Crippen LogP contribution in [0.4, 0.5) is 5.69 Å². The van der Waals surface area contributed by atoms with Gasteiger partial charge in [-0.2, -0.15) is 0 Å². The predicted octanol–water partition coefficient (Wildman–Crippen LogP) is 3.81. The summed E-state index contributed by atoms with van der Waals surface area (Å²) in [5, 5.41) is 0. The number of thiophene rings is 1. The molecule has 0 unspecified atom stereocenters. The van der Waals surface area contributed by atoms with Gasteiger partial charge in [-0.3, -0.25) is 4.72 Å². The minimum Gasteiger partial charge on any atom is -0.457 e. The number of anilines is 1. The van der Waals surface area contributed by atoms with Crippen molar-refractivity contribution in [1.29, 1.82) is 0 Å². The van der Waals surface area contributed by atoms with E-state index in [0.717, 1.165) is 11.3 Å². The van der Waals surface area contributed by atoms with Crippen molar-refractivity contribution in [3.63, 3.8) is 0 Å². The number of carbonyl (C=O) groups is 2. The Labute approximate surface area is 169 Å².